The van der Waals surface area contributed by atoms with Gasteiger partial charge in [-0.2, -0.15) is 0 Å². The Morgan fingerprint density at radius 1 is 1.07 bits per heavy atom. The van der Waals surface area contributed by atoms with Crippen molar-refractivity contribution in [3.8, 4) is 11.5 Å². The summed E-state index contributed by atoms with van der Waals surface area (Å²) in [5.41, 5.74) is 1.71. The van der Waals surface area contributed by atoms with Crippen molar-refractivity contribution in [2.45, 2.75) is 6.54 Å². The lowest BCUT2D eigenvalue weighted by Gasteiger charge is -2.35. The van der Waals surface area contributed by atoms with Crippen molar-refractivity contribution in [3.63, 3.8) is 0 Å². The van der Waals surface area contributed by atoms with Gasteiger partial charge in [0.1, 0.15) is 11.5 Å². The zero-order valence-corrected chi connectivity index (χ0v) is 16.3. The second-order valence-corrected chi connectivity index (χ2v) is 6.76. The lowest BCUT2D eigenvalue weighted by Crippen LogP contribution is -2.49. The second kappa shape index (κ2) is 8.97. The standard InChI is InChI=1S/C20H24ClN3O3/c1-26-16-7-8-19(27-2)18(13-16)22-20(25)24-11-9-23(10-12-24)14-15-5-3-4-6-17(15)21/h3-8,13H,9-12,14H2,1-2H3,(H,22,25). The quantitative estimate of drug-likeness (QED) is 0.847. The van der Waals surface area contributed by atoms with Crippen molar-refractivity contribution >= 4 is 23.3 Å². The first kappa shape index (κ1) is 19.3. The normalized spacial score (nSPS) is 14.7. The van der Waals surface area contributed by atoms with Crippen molar-refractivity contribution in [1.82, 2.24) is 9.80 Å². The van der Waals surface area contributed by atoms with Gasteiger partial charge in [-0.3, -0.25) is 4.90 Å². The molecular weight excluding hydrogens is 366 g/mol. The molecule has 2 amide bonds. The Labute approximate surface area is 164 Å². The minimum absolute atomic E-state index is 0.140. The van der Waals surface area contributed by atoms with Crippen LogP contribution >= 0.6 is 11.6 Å². The molecule has 0 bridgehead atoms. The van der Waals surface area contributed by atoms with Gasteiger partial charge in [-0.05, 0) is 23.8 Å². The first-order chi connectivity index (χ1) is 13.1. The Hall–Kier alpha value is -2.44. The first-order valence-corrected chi connectivity index (χ1v) is 9.22. The van der Waals surface area contributed by atoms with Gasteiger partial charge in [0, 0.05) is 43.8 Å². The van der Waals surface area contributed by atoms with E-state index in [9.17, 15) is 4.79 Å². The molecule has 0 aromatic heterocycles. The summed E-state index contributed by atoms with van der Waals surface area (Å²) in [5.74, 6) is 1.26. The van der Waals surface area contributed by atoms with Crippen molar-refractivity contribution in [3.05, 3.63) is 53.1 Å². The van der Waals surface area contributed by atoms with E-state index >= 15 is 0 Å². The summed E-state index contributed by atoms with van der Waals surface area (Å²) in [7, 11) is 3.16. The van der Waals surface area contributed by atoms with E-state index in [2.05, 4.69) is 10.2 Å². The molecule has 0 unspecified atom stereocenters. The molecule has 144 valence electrons. The van der Waals surface area contributed by atoms with Crippen molar-refractivity contribution in [1.29, 1.82) is 0 Å². The highest BCUT2D eigenvalue weighted by atomic mass is 35.5. The molecule has 0 spiro atoms. The highest BCUT2D eigenvalue weighted by Gasteiger charge is 2.22. The highest BCUT2D eigenvalue weighted by Crippen LogP contribution is 2.29. The third kappa shape index (κ3) is 4.84. The maximum absolute atomic E-state index is 12.6. The Bertz CT molecular complexity index is 792. The van der Waals surface area contributed by atoms with Crippen molar-refractivity contribution < 1.29 is 14.3 Å². The smallest absolute Gasteiger partial charge is 0.322 e. The third-order valence-electron chi connectivity index (χ3n) is 4.66. The predicted molar refractivity (Wildman–Crippen MR) is 107 cm³/mol. The number of carbonyl (C=O) groups is 1. The molecule has 6 nitrogen and oxygen atoms in total. The van der Waals surface area contributed by atoms with Gasteiger partial charge in [-0.1, -0.05) is 29.8 Å². The Morgan fingerprint density at radius 2 is 1.81 bits per heavy atom. The third-order valence-corrected chi connectivity index (χ3v) is 5.03. The summed E-state index contributed by atoms with van der Waals surface area (Å²) in [5, 5.41) is 3.70. The first-order valence-electron chi connectivity index (χ1n) is 8.84. The van der Waals surface area contributed by atoms with Crippen LogP contribution in [0, 0.1) is 0 Å². The van der Waals surface area contributed by atoms with Crippen LogP contribution in [-0.4, -0.2) is 56.2 Å². The van der Waals surface area contributed by atoms with Crippen LogP contribution in [0.15, 0.2) is 42.5 Å². The predicted octanol–water partition coefficient (Wildman–Crippen LogP) is 3.71. The number of ether oxygens (including phenoxy) is 2. The van der Waals surface area contributed by atoms with E-state index in [4.69, 9.17) is 21.1 Å². The average molecular weight is 390 g/mol. The van der Waals surface area contributed by atoms with E-state index in [1.807, 2.05) is 29.2 Å². The lowest BCUT2D eigenvalue weighted by atomic mass is 10.2. The fourth-order valence-electron chi connectivity index (χ4n) is 3.08. The monoisotopic (exact) mass is 389 g/mol. The molecule has 1 N–H and O–H groups in total. The number of hydrogen-bond donors (Lipinski definition) is 1. The highest BCUT2D eigenvalue weighted by molar-refractivity contribution is 6.31. The van der Waals surface area contributed by atoms with Crippen LogP contribution in [0.4, 0.5) is 10.5 Å². The van der Waals surface area contributed by atoms with E-state index < -0.39 is 0 Å². The van der Waals surface area contributed by atoms with Crippen LogP contribution in [0.1, 0.15) is 5.56 Å². The summed E-state index contributed by atoms with van der Waals surface area (Å²) in [6.45, 7) is 3.70. The van der Waals surface area contributed by atoms with Crippen molar-refractivity contribution in [2.24, 2.45) is 0 Å². The van der Waals surface area contributed by atoms with Crippen molar-refractivity contribution in [2.75, 3.05) is 45.7 Å². The number of amides is 2. The summed E-state index contributed by atoms with van der Waals surface area (Å²) in [6.07, 6.45) is 0. The summed E-state index contributed by atoms with van der Waals surface area (Å²) in [6, 6.07) is 13.0. The number of rotatable bonds is 5. The number of piperazine rings is 1. The molecule has 1 fully saturated rings. The molecule has 1 aliphatic rings. The number of benzene rings is 2. The molecule has 27 heavy (non-hydrogen) atoms. The van der Waals surface area contributed by atoms with Gasteiger partial charge in [-0.15, -0.1) is 0 Å². The fourth-order valence-corrected chi connectivity index (χ4v) is 3.28. The van der Waals surface area contributed by atoms with E-state index in [0.29, 0.717) is 30.3 Å². The number of methoxy groups -OCH3 is 2. The number of anilines is 1. The topological polar surface area (TPSA) is 54.0 Å². The second-order valence-electron chi connectivity index (χ2n) is 6.35. The lowest BCUT2D eigenvalue weighted by molar-refractivity contribution is 0.143. The number of halogens is 1. The fraction of sp³-hybridized carbons (Fsp3) is 0.350. The van der Waals surface area contributed by atoms with Crippen LogP contribution in [0.2, 0.25) is 5.02 Å². The van der Waals surface area contributed by atoms with Gasteiger partial charge in [0.25, 0.3) is 0 Å². The molecule has 1 saturated heterocycles. The molecule has 0 atom stereocenters. The maximum Gasteiger partial charge on any atom is 0.322 e. The minimum atomic E-state index is -0.140. The summed E-state index contributed by atoms with van der Waals surface area (Å²) < 4.78 is 10.5. The largest absolute Gasteiger partial charge is 0.497 e. The van der Waals surface area contributed by atoms with E-state index in [-0.39, 0.29) is 6.03 Å². The maximum atomic E-state index is 12.6. The summed E-state index contributed by atoms with van der Waals surface area (Å²) in [4.78, 5) is 16.7. The number of nitrogens with zero attached hydrogens (tertiary/aromatic N) is 2. The van der Waals surface area contributed by atoms with E-state index in [1.165, 1.54) is 0 Å². The van der Waals surface area contributed by atoms with Crippen LogP contribution < -0.4 is 14.8 Å². The molecule has 0 saturated carbocycles. The molecule has 1 heterocycles. The molecule has 1 aliphatic heterocycles. The van der Waals surface area contributed by atoms with Gasteiger partial charge < -0.3 is 19.7 Å². The van der Waals surface area contributed by atoms with Crippen LogP contribution in [0.3, 0.4) is 0 Å². The Kier molecular flexibility index (Phi) is 6.42. The zero-order valence-electron chi connectivity index (χ0n) is 15.6. The summed E-state index contributed by atoms with van der Waals surface area (Å²) >= 11 is 6.24. The molecule has 2 aromatic carbocycles. The Morgan fingerprint density at radius 3 is 2.48 bits per heavy atom. The molecule has 2 aromatic rings. The minimum Gasteiger partial charge on any atom is -0.497 e. The molecule has 0 aliphatic carbocycles. The van der Waals surface area contributed by atoms with Crippen LogP contribution in [0.25, 0.3) is 0 Å². The van der Waals surface area contributed by atoms with E-state index in [1.54, 1.807) is 32.4 Å². The Balaban J connectivity index is 1.57. The number of urea groups is 1. The average Bonchev–Trinajstić information content (AvgIpc) is 2.70. The van der Waals surface area contributed by atoms with Crippen LogP contribution in [-0.2, 0) is 6.54 Å². The SMILES string of the molecule is COc1ccc(OC)c(NC(=O)N2CCN(Cc3ccccc3Cl)CC2)c1. The van der Waals surface area contributed by atoms with Crippen LogP contribution in [0.5, 0.6) is 11.5 Å². The zero-order chi connectivity index (χ0) is 19.2. The molecular formula is C20H24ClN3O3. The van der Waals surface area contributed by atoms with Gasteiger partial charge >= 0.3 is 6.03 Å². The van der Waals surface area contributed by atoms with E-state index in [0.717, 1.165) is 30.2 Å². The number of hydrogen-bond acceptors (Lipinski definition) is 4. The van der Waals surface area contributed by atoms with Gasteiger partial charge in [0.2, 0.25) is 0 Å². The molecule has 0 radical (unpaired) electrons. The van der Waals surface area contributed by atoms with Gasteiger partial charge in [0.05, 0.1) is 19.9 Å². The van der Waals surface area contributed by atoms with Gasteiger partial charge in [-0.25, -0.2) is 4.79 Å². The molecule has 3 rings (SSSR count). The number of nitrogens with one attached hydrogen (secondary N) is 1. The van der Waals surface area contributed by atoms with Gasteiger partial charge in [0.15, 0.2) is 0 Å². The molecule has 7 heteroatoms. The number of carbonyl (C=O) groups excluding carboxylic acids is 1.